The Morgan fingerprint density at radius 1 is 0.708 bits per heavy atom. The van der Waals surface area contributed by atoms with Crippen LogP contribution in [0.1, 0.15) is 0 Å². The number of aromatic amines is 4. The SMILES string of the molecule is O=c1[nH]c2ccc(NS(=O)(=O)c3ccc4[nH]c(=O)[nH]c4c3)cc2[nH]1. The maximum atomic E-state index is 12.5. The summed E-state index contributed by atoms with van der Waals surface area (Å²) in [4.78, 5) is 32.7. The van der Waals surface area contributed by atoms with E-state index >= 15 is 0 Å². The molecular formula is C14H11N5O4S. The number of benzene rings is 2. The molecule has 0 bridgehead atoms. The van der Waals surface area contributed by atoms with Crippen LogP contribution in [0.2, 0.25) is 0 Å². The van der Waals surface area contributed by atoms with E-state index in [0.29, 0.717) is 27.8 Å². The molecule has 0 aliphatic rings. The number of fused-ring (bicyclic) bond motifs is 2. The number of H-pyrrole nitrogens is 4. The average molecular weight is 345 g/mol. The quantitative estimate of drug-likeness (QED) is 0.374. The van der Waals surface area contributed by atoms with Crippen molar-refractivity contribution in [3.05, 3.63) is 57.4 Å². The average Bonchev–Trinajstić information content (AvgIpc) is 3.05. The molecule has 0 aliphatic carbocycles. The van der Waals surface area contributed by atoms with E-state index < -0.39 is 15.7 Å². The van der Waals surface area contributed by atoms with Crippen molar-refractivity contribution >= 4 is 37.8 Å². The molecule has 5 N–H and O–H groups in total. The second-order valence-corrected chi connectivity index (χ2v) is 6.91. The molecule has 2 aromatic carbocycles. The summed E-state index contributed by atoms with van der Waals surface area (Å²) in [6.07, 6.45) is 0. The lowest BCUT2D eigenvalue weighted by Crippen LogP contribution is -2.12. The van der Waals surface area contributed by atoms with Gasteiger partial charge in [0, 0.05) is 0 Å². The van der Waals surface area contributed by atoms with Gasteiger partial charge in [0.2, 0.25) is 0 Å². The highest BCUT2D eigenvalue weighted by molar-refractivity contribution is 7.92. The van der Waals surface area contributed by atoms with Crippen molar-refractivity contribution in [3.8, 4) is 0 Å². The van der Waals surface area contributed by atoms with Crippen molar-refractivity contribution in [1.29, 1.82) is 0 Å². The zero-order valence-corrected chi connectivity index (χ0v) is 12.8. The Bertz CT molecular complexity index is 1290. The van der Waals surface area contributed by atoms with Crippen molar-refractivity contribution in [3.63, 3.8) is 0 Å². The number of hydrogen-bond donors (Lipinski definition) is 5. The van der Waals surface area contributed by atoms with Crippen LogP contribution in [0, 0.1) is 0 Å². The number of rotatable bonds is 3. The second-order valence-electron chi connectivity index (χ2n) is 5.23. The Morgan fingerprint density at radius 3 is 1.92 bits per heavy atom. The molecule has 0 atom stereocenters. The first-order chi connectivity index (χ1) is 11.4. The van der Waals surface area contributed by atoms with E-state index in [1.807, 2.05) is 0 Å². The van der Waals surface area contributed by atoms with Crippen LogP contribution in [0.25, 0.3) is 22.1 Å². The van der Waals surface area contributed by atoms with Crippen LogP contribution in [0.4, 0.5) is 5.69 Å². The molecule has 0 saturated carbocycles. The van der Waals surface area contributed by atoms with E-state index in [0.717, 1.165) is 0 Å². The summed E-state index contributed by atoms with van der Waals surface area (Å²) < 4.78 is 27.4. The molecule has 0 spiro atoms. The van der Waals surface area contributed by atoms with Crippen LogP contribution in [-0.2, 0) is 10.0 Å². The van der Waals surface area contributed by atoms with Crippen molar-refractivity contribution < 1.29 is 8.42 Å². The minimum atomic E-state index is -3.85. The van der Waals surface area contributed by atoms with Crippen LogP contribution in [-0.4, -0.2) is 28.4 Å². The molecule has 4 aromatic rings. The van der Waals surface area contributed by atoms with Gasteiger partial charge in [-0.1, -0.05) is 0 Å². The van der Waals surface area contributed by atoms with Crippen molar-refractivity contribution in [2.24, 2.45) is 0 Å². The molecule has 2 aromatic heterocycles. The molecule has 10 heteroatoms. The predicted octanol–water partition coefficient (Wildman–Crippen LogP) is 0.827. The van der Waals surface area contributed by atoms with Crippen LogP contribution in [0.15, 0.2) is 50.9 Å². The van der Waals surface area contributed by atoms with Gasteiger partial charge < -0.3 is 19.9 Å². The molecule has 0 fully saturated rings. The Hall–Kier alpha value is -3.27. The standard InChI is InChI=1S/C14H11N5O4S/c20-13-15-9-3-1-7(5-11(9)17-13)19-24(22,23)8-2-4-10-12(6-8)18-14(21)16-10/h1-6,19H,(H2,15,17,20)(H2,16,18,21). The molecule has 0 radical (unpaired) electrons. The van der Waals surface area contributed by atoms with Gasteiger partial charge in [-0.15, -0.1) is 0 Å². The molecule has 0 saturated heterocycles. The summed E-state index contributed by atoms with van der Waals surface area (Å²) in [5, 5.41) is 0. The first-order valence-electron chi connectivity index (χ1n) is 6.88. The zero-order valence-electron chi connectivity index (χ0n) is 12.0. The summed E-state index contributed by atoms with van der Waals surface area (Å²) in [6.45, 7) is 0. The lowest BCUT2D eigenvalue weighted by Gasteiger charge is -2.08. The minimum absolute atomic E-state index is 0.00732. The molecule has 0 unspecified atom stereocenters. The lowest BCUT2D eigenvalue weighted by atomic mass is 10.3. The predicted molar refractivity (Wildman–Crippen MR) is 88.6 cm³/mol. The number of imidazole rings is 2. The number of anilines is 1. The van der Waals surface area contributed by atoms with E-state index in [1.165, 1.54) is 24.3 Å². The summed E-state index contributed by atoms with van der Waals surface area (Å²) >= 11 is 0. The lowest BCUT2D eigenvalue weighted by molar-refractivity contribution is 0.601. The van der Waals surface area contributed by atoms with Crippen molar-refractivity contribution in [2.45, 2.75) is 4.90 Å². The minimum Gasteiger partial charge on any atom is -0.306 e. The van der Waals surface area contributed by atoms with Gasteiger partial charge in [-0.2, -0.15) is 0 Å². The Kier molecular flexibility index (Phi) is 2.90. The second kappa shape index (κ2) is 4.86. The van der Waals surface area contributed by atoms with Gasteiger partial charge in [-0.25, -0.2) is 18.0 Å². The first-order valence-corrected chi connectivity index (χ1v) is 8.36. The molecule has 0 aliphatic heterocycles. The Morgan fingerprint density at radius 2 is 1.25 bits per heavy atom. The van der Waals surface area contributed by atoms with Gasteiger partial charge in [0.15, 0.2) is 0 Å². The maximum Gasteiger partial charge on any atom is 0.323 e. The van der Waals surface area contributed by atoms with Crippen molar-refractivity contribution in [2.75, 3.05) is 4.72 Å². The monoisotopic (exact) mass is 345 g/mol. The molecule has 122 valence electrons. The maximum absolute atomic E-state index is 12.5. The van der Waals surface area contributed by atoms with E-state index in [1.54, 1.807) is 12.1 Å². The number of sulfonamides is 1. The largest absolute Gasteiger partial charge is 0.323 e. The summed E-state index contributed by atoms with van der Waals surface area (Å²) in [7, 11) is -3.85. The molecule has 24 heavy (non-hydrogen) atoms. The number of hydrogen-bond acceptors (Lipinski definition) is 4. The van der Waals surface area contributed by atoms with E-state index in [9.17, 15) is 18.0 Å². The first kappa shape index (κ1) is 14.3. The van der Waals surface area contributed by atoms with Gasteiger partial charge in [0.1, 0.15) is 0 Å². The molecule has 4 rings (SSSR count). The third kappa shape index (κ3) is 2.38. The zero-order chi connectivity index (χ0) is 16.9. The van der Waals surface area contributed by atoms with E-state index in [2.05, 4.69) is 24.7 Å². The van der Waals surface area contributed by atoms with Crippen LogP contribution >= 0.6 is 0 Å². The molecule has 9 nitrogen and oxygen atoms in total. The Balaban J connectivity index is 1.74. The number of aromatic nitrogens is 4. The van der Waals surface area contributed by atoms with Crippen LogP contribution < -0.4 is 16.1 Å². The van der Waals surface area contributed by atoms with Crippen LogP contribution in [0.5, 0.6) is 0 Å². The van der Waals surface area contributed by atoms with Gasteiger partial charge in [0.25, 0.3) is 10.0 Å². The smallest absolute Gasteiger partial charge is 0.306 e. The van der Waals surface area contributed by atoms with Gasteiger partial charge in [-0.05, 0) is 36.4 Å². The Labute approximate surface area is 133 Å². The third-order valence-corrected chi connectivity index (χ3v) is 4.94. The summed E-state index contributed by atoms with van der Waals surface area (Å²) in [5.41, 5.74) is 1.51. The van der Waals surface area contributed by atoms with Gasteiger partial charge >= 0.3 is 11.4 Å². The van der Waals surface area contributed by atoms with Gasteiger partial charge in [-0.3, -0.25) is 4.72 Å². The highest BCUT2D eigenvalue weighted by Crippen LogP contribution is 2.21. The third-order valence-electron chi connectivity index (χ3n) is 3.57. The fourth-order valence-corrected chi connectivity index (χ4v) is 3.56. The fourth-order valence-electron chi connectivity index (χ4n) is 2.49. The summed E-state index contributed by atoms with van der Waals surface area (Å²) in [5.74, 6) is 0. The highest BCUT2D eigenvalue weighted by atomic mass is 32.2. The molecule has 2 heterocycles. The topological polar surface area (TPSA) is 143 Å². The fraction of sp³-hybridized carbons (Fsp3) is 0. The normalized spacial score (nSPS) is 12.0. The van der Waals surface area contributed by atoms with E-state index in [-0.39, 0.29) is 10.6 Å². The van der Waals surface area contributed by atoms with E-state index in [4.69, 9.17) is 0 Å². The number of nitrogens with one attached hydrogen (secondary N) is 5. The van der Waals surface area contributed by atoms with Crippen molar-refractivity contribution in [1.82, 2.24) is 19.9 Å². The highest BCUT2D eigenvalue weighted by Gasteiger charge is 2.16. The molecular weight excluding hydrogens is 334 g/mol. The van der Waals surface area contributed by atoms with Gasteiger partial charge in [0.05, 0.1) is 32.6 Å². The molecule has 0 amide bonds. The van der Waals surface area contributed by atoms with Crippen LogP contribution in [0.3, 0.4) is 0 Å². The summed E-state index contributed by atoms with van der Waals surface area (Å²) in [6, 6.07) is 8.92.